The monoisotopic (exact) mass is 284 g/mol. The first-order valence-electron chi connectivity index (χ1n) is 7.34. The summed E-state index contributed by atoms with van der Waals surface area (Å²) in [6.45, 7) is 8.45. The van der Waals surface area contributed by atoms with Crippen LogP contribution in [0.2, 0.25) is 0 Å². The topological polar surface area (TPSA) is 17.1 Å². The first-order valence-corrected chi connectivity index (χ1v) is 7.34. The van der Waals surface area contributed by atoms with E-state index in [2.05, 4.69) is 33.8 Å². The van der Waals surface area contributed by atoms with Gasteiger partial charge in [-0.15, -0.1) is 0 Å². The van der Waals surface area contributed by atoms with Gasteiger partial charge in [-0.2, -0.15) is 0 Å². The SMILES string of the molecule is CC(C)c1ccc(C(=O)c2ccc(F)cc2)c(C(C)C)c1. The van der Waals surface area contributed by atoms with Crippen LogP contribution >= 0.6 is 0 Å². The average molecular weight is 284 g/mol. The van der Waals surface area contributed by atoms with Crippen molar-refractivity contribution in [3.63, 3.8) is 0 Å². The Morgan fingerprint density at radius 2 is 1.52 bits per heavy atom. The van der Waals surface area contributed by atoms with E-state index in [1.54, 1.807) is 0 Å². The van der Waals surface area contributed by atoms with Crippen molar-refractivity contribution < 1.29 is 9.18 Å². The van der Waals surface area contributed by atoms with Crippen molar-refractivity contribution in [3.05, 3.63) is 70.5 Å². The summed E-state index contributed by atoms with van der Waals surface area (Å²) in [4.78, 5) is 12.6. The van der Waals surface area contributed by atoms with Crippen LogP contribution in [0.4, 0.5) is 4.39 Å². The predicted octanol–water partition coefficient (Wildman–Crippen LogP) is 5.30. The highest BCUT2D eigenvalue weighted by Crippen LogP contribution is 2.26. The molecule has 21 heavy (non-hydrogen) atoms. The fourth-order valence-electron chi connectivity index (χ4n) is 2.38. The molecule has 0 bridgehead atoms. The van der Waals surface area contributed by atoms with E-state index in [9.17, 15) is 9.18 Å². The van der Waals surface area contributed by atoms with Crippen LogP contribution in [-0.4, -0.2) is 5.78 Å². The molecule has 0 heterocycles. The molecule has 0 aliphatic rings. The number of carbonyl (C=O) groups is 1. The molecule has 0 unspecified atom stereocenters. The van der Waals surface area contributed by atoms with Gasteiger partial charge in [-0.25, -0.2) is 4.39 Å². The van der Waals surface area contributed by atoms with Crippen molar-refractivity contribution in [2.45, 2.75) is 39.5 Å². The molecule has 2 aromatic carbocycles. The van der Waals surface area contributed by atoms with Crippen LogP contribution < -0.4 is 0 Å². The largest absolute Gasteiger partial charge is 0.289 e. The average Bonchev–Trinajstić information content (AvgIpc) is 2.46. The Bertz CT molecular complexity index is 639. The van der Waals surface area contributed by atoms with Crippen LogP contribution in [0.5, 0.6) is 0 Å². The predicted molar refractivity (Wildman–Crippen MR) is 84.5 cm³/mol. The Morgan fingerprint density at radius 1 is 0.905 bits per heavy atom. The molecule has 0 amide bonds. The van der Waals surface area contributed by atoms with E-state index in [-0.39, 0.29) is 17.5 Å². The van der Waals surface area contributed by atoms with Crippen LogP contribution in [0.15, 0.2) is 42.5 Å². The number of halogens is 1. The molecule has 0 saturated heterocycles. The maximum Gasteiger partial charge on any atom is 0.193 e. The van der Waals surface area contributed by atoms with Crippen molar-refractivity contribution in [3.8, 4) is 0 Å². The first kappa shape index (κ1) is 15.4. The second-order valence-corrected chi connectivity index (χ2v) is 5.99. The summed E-state index contributed by atoms with van der Waals surface area (Å²) >= 11 is 0. The summed E-state index contributed by atoms with van der Waals surface area (Å²) in [6.07, 6.45) is 0. The maximum atomic E-state index is 13.0. The van der Waals surface area contributed by atoms with Crippen molar-refractivity contribution in [1.82, 2.24) is 0 Å². The Labute approximate surface area is 125 Å². The molecule has 0 spiro atoms. The Kier molecular flexibility index (Phi) is 4.56. The third-order valence-electron chi connectivity index (χ3n) is 3.72. The lowest BCUT2D eigenvalue weighted by Crippen LogP contribution is -2.08. The van der Waals surface area contributed by atoms with Gasteiger partial charge in [-0.1, -0.05) is 45.9 Å². The second kappa shape index (κ2) is 6.21. The van der Waals surface area contributed by atoms with E-state index in [1.807, 2.05) is 12.1 Å². The molecule has 110 valence electrons. The Hall–Kier alpha value is -1.96. The summed E-state index contributed by atoms with van der Waals surface area (Å²) in [5.74, 6) is 0.320. The van der Waals surface area contributed by atoms with Gasteiger partial charge in [0.15, 0.2) is 5.78 Å². The van der Waals surface area contributed by atoms with E-state index in [1.165, 1.54) is 29.8 Å². The normalized spacial score (nSPS) is 11.2. The molecule has 0 aromatic heterocycles. The third kappa shape index (κ3) is 3.38. The van der Waals surface area contributed by atoms with Crippen molar-refractivity contribution in [2.24, 2.45) is 0 Å². The Morgan fingerprint density at radius 3 is 2.05 bits per heavy atom. The van der Waals surface area contributed by atoms with Crippen LogP contribution in [0, 0.1) is 5.82 Å². The second-order valence-electron chi connectivity index (χ2n) is 5.99. The van der Waals surface area contributed by atoms with Gasteiger partial charge in [0.2, 0.25) is 0 Å². The van der Waals surface area contributed by atoms with Crippen molar-refractivity contribution >= 4 is 5.78 Å². The van der Waals surface area contributed by atoms with Crippen LogP contribution in [0.1, 0.15) is 66.6 Å². The minimum Gasteiger partial charge on any atom is -0.289 e. The van der Waals surface area contributed by atoms with Gasteiger partial charge < -0.3 is 0 Å². The molecule has 0 saturated carbocycles. The zero-order valence-electron chi connectivity index (χ0n) is 13.0. The highest BCUT2D eigenvalue weighted by atomic mass is 19.1. The molecule has 0 fully saturated rings. The smallest absolute Gasteiger partial charge is 0.193 e. The van der Waals surface area contributed by atoms with Gasteiger partial charge in [0, 0.05) is 11.1 Å². The molecule has 0 radical (unpaired) electrons. The van der Waals surface area contributed by atoms with Crippen LogP contribution in [0.3, 0.4) is 0 Å². The summed E-state index contributed by atoms with van der Waals surface area (Å²) in [5.41, 5.74) is 3.52. The molecule has 2 rings (SSSR count). The van der Waals surface area contributed by atoms with Gasteiger partial charge >= 0.3 is 0 Å². The zero-order chi connectivity index (χ0) is 15.6. The standard InChI is InChI=1S/C19H21FO/c1-12(2)15-7-10-17(18(11-15)13(3)4)19(21)14-5-8-16(20)9-6-14/h5-13H,1-4H3. The number of rotatable bonds is 4. The number of ketones is 1. The molecule has 2 aromatic rings. The summed E-state index contributed by atoms with van der Waals surface area (Å²) in [5, 5.41) is 0. The summed E-state index contributed by atoms with van der Waals surface area (Å²) in [6, 6.07) is 11.8. The van der Waals surface area contributed by atoms with E-state index < -0.39 is 0 Å². The van der Waals surface area contributed by atoms with Crippen LogP contribution in [-0.2, 0) is 0 Å². The molecule has 0 atom stereocenters. The Balaban J connectivity index is 2.47. The fourth-order valence-corrected chi connectivity index (χ4v) is 2.38. The van der Waals surface area contributed by atoms with Gasteiger partial charge in [-0.3, -0.25) is 4.79 Å². The van der Waals surface area contributed by atoms with Crippen molar-refractivity contribution in [2.75, 3.05) is 0 Å². The van der Waals surface area contributed by atoms with Gasteiger partial charge in [0.1, 0.15) is 5.82 Å². The lowest BCUT2D eigenvalue weighted by Gasteiger charge is -2.15. The summed E-state index contributed by atoms with van der Waals surface area (Å²) in [7, 11) is 0. The van der Waals surface area contributed by atoms with Gasteiger partial charge in [-0.05, 0) is 47.2 Å². The molecular weight excluding hydrogens is 263 g/mol. The molecule has 1 nitrogen and oxygen atoms in total. The third-order valence-corrected chi connectivity index (χ3v) is 3.72. The number of hydrogen-bond acceptors (Lipinski definition) is 1. The molecule has 0 aliphatic heterocycles. The molecule has 0 aliphatic carbocycles. The van der Waals surface area contributed by atoms with E-state index in [4.69, 9.17) is 0 Å². The van der Waals surface area contributed by atoms with E-state index in [0.29, 0.717) is 17.0 Å². The quantitative estimate of drug-likeness (QED) is 0.696. The number of benzene rings is 2. The highest BCUT2D eigenvalue weighted by Gasteiger charge is 2.17. The minimum atomic E-state index is -0.328. The minimum absolute atomic E-state index is 0.0472. The first-order chi connectivity index (χ1) is 9.90. The lowest BCUT2D eigenvalue weighted by molar-refractivity contribution is 0.103. The van der Waals surface area contributed by atoms with E-state index >= 15 is 0 Å². The molecule has 0 N–H and O–H groups in total. The molecular formula is C19H21FO. The number of carbonyl (C=O) groups excluding carboxylic acids is 1. The highest BCUT2D eigenvalue weighted by molar-refractivity contribution is 6.10. The molecule has 2 heteroatoms. The zero-order valence-corrected chi connectivity index (χ0v) is 13.0. The van der Waals surface area contributed by atoms with Gasteiger partial charge in [0.25, 0.3) is 0 Å². The number of hydrogen-bond donors (Lipinski definition) is 0. The fraction of sp³-hybridized carbons (Fsp3) is 0.316. The van der Waals surface area contributed by atoms with Gasteiger partial charge in [0.05, 0.1) is 0 Å². The summed E-state index contributed by atoms with van der Waals surface area (Å²) < 4.78 is 13.0. The van der Waals surface area contributed by atoms with Crippen LogP contribution in [0.25, 0.3) is 0 Å². The maximum absolute atomic E-state index is 13.0. The van der Waals surface area contributed by atoms with E-state index in [0.717, 1.165) is 5.56 Å². The lowest BCUT2D eigenvalue weighted by atomic mass is 9.88. The van der Waals surface area contributed by atoms with Crippen molar-refractivity contribution in [1.29, 1.82) is 0 Å².